The Balaban J connectivity index is 1.35. The number of nitrogens with one attached hydrogen (secondary N) is 3. The number of aliphatic imine (C=N–C) groups is 1. The average Bonchev–Trinajstić information content (AvgIpc) is 3.08. The Bertz CT molecular complexity index is 2120. The lowest BCUT2D eigenvalue weighted by Crippen LogP contribution is -2.40. The van der Waals surface area contributed by atoms with Gasteiger partial charge in [-0.3, -0.25) is 14.9 Å². The standard InChI is InChI=1S/C40H44Cl2N6O7/c1-24-12-16-26-10-9-11-31(35(26)44-24)53-23-28-29(41)19-20-30(34(28)42)48(8)33(50)22-43-32(49)21-15-25-13-17-27(18-14-25)45-36(46-37(51)54-39(2,3)4)47-38(52)55-40(5,6)7/h9-21H,22-23H2,1-8H3,(H,43,49)(H2,45,46,47,51,52). The molecule has 1 aromatic heterocycles. The van der Waals surface area contributed by atoms with Crippen LogP contribution in [0.15, 0.2) is 77.8 Å². The predicted molar refractivity (Wildman–Crippen MR) is 216 cm³/mol. The zero-order valence-electron chi connectivity index (χ0n) is 31.9. The molecule has 0 bridgehead atoms. The van der Waals surface area contributed by atoms with E-state index < -0.39 is 35.2 Å². The molecule has 4 aromatic rings. The highest BCUT2D eigenvalue weighted by Gasteiger charge is 2.22. The summed E-state index contributed by atoms with van der Waals surface area (Å²) in [5.41, 5.74) is 1.96. The van der Waals surface area contributed by atoms with E-state index in [1.807, 2.05) is 37.3 Å². The number of aromatic nitrogens is 1. The fourth-order valence-electron chi connectivity index (χ4n) is 4.78. The number of halogens is 2. The molecule has 0 fully saturated rings. The van der Waals surface area contributed by atoms with Crippen LogP contribution >= 0.6 is 23.2 Å². The van der Waals surface area contributed by atoms with Gasteiger partial charge < -0.3 is 29.7 Å². The van der Waals surface area contributed by atoms with E-state index in [0.29, 0.717) is 38.8 Å². The molecule has 0 aliphatic heterocycles. The Morgan fingerprint density at radius 3 is 2.25 bits per heavy atom. The van der Waals surface area contributed by atoms with Gasteiger partial charge in [0.1, 0.15) is 29.1 Å². The molecule has 3 N–H and O–H groups in total. The molecule has 0 unspecified atom stereocenters. The van der Waals surface area contributed by atoms with Crippen LogP contribution < -0.4 is 25.6 Å². The van der Waals surface area contributed by atoms with Crippen LogP contribution in [0.25, 0.3) is 17.0 Å². The van der Waals surface area contributed by atoms with Gasteiger partial charge in [-0.15, -0.1) is 4.99 Å². The number of guanidine groups is 1. The van der Waals surface area contributed by atoms with E-state index in [2.05, 4.69) is 25.9 Å². The second-order valence-electron chi connectivity index (χ2n) is 14.2. The zero-order chi connectivity index (χ0) is 40.5. The van der Waals surface area contributed by atoms with Crippen molar-refractivity contribution in [1.29, 1.82) is 0 Å². The van der Waals surface area contributed by atoms with Crippen LogP contribution in [-0.2, 0) is 25.7 Å². The molecule has 0 atom stereocenters. The second kappa shape index (κ2) is 18.1. The molecule has 0 aliphatic carbocycles. The van der Waals surface area contributed by atoms with Gasteiger partial charge in [0.15, 0.2) is 0 Å². The Kier molecular flexibility index (Phi) is 13.9. The monoisotopic (exact) mass is 790 g/mol. The third-order valence-electron chi connectivity index (χ3n) is 7.33. The molecule has 0 saturated carbocycles. The zero-order valence-corrected chi connectivity index (χ0v) is 33.4. The molecular weight excluding hydrogens is 747 g/mol. The Hall–Kier alpha value is -5.66. The summed E-state index contributed by atoms with van der Waals surface area (Å²) >= 11 is 13.2. The number of fused-ring (bicyclic) bond motifs is 1. The van der Waals surface area contributed by atoms with Gasteiger partial charge in [-0.05, 0) is 96.5 Å². The number of hydrogen-bond acceptors (Lipinski definition) is 8. The first-order valence-corrected chi connectivity index (χ1v) is 17.9. The molecule has 4 rings (SSSR count). The number of hydrogen-bond donors (Lipinski definition) is 3. The summed E-state index contributed by atoms with van der Waals surface area (Å²) < 4.78 is 16.6. The van der Waals surface area contributed by atoms with Gasteiger partial charge in [-0.2, -0.15) is 0 Å². The molecule has 1 heterocycles. The molecule has 0 saturated heterocycles. The summed E-state index contributed by atoms with van der Waals surface area (Å²) in [5.74, 6) is -0.574. The van der Waals surface area contributed by atoms with Crippen molar-refractivity contribution in [3.8, 4) is 5.75 Å². The number of carbonyl (C=O) groups excluding carboxylic acids is 4. The lowest BCUT2D eigenvalue weighted by molar-refractivity contribution is -0.122. The molecule has 4 amide bonds. The highest BCUT2D eigenvalue weighted by molar-refractivity contribution is 6.38. The van der Waals surface area contributed by atoms with Crippen LogP contribution in [0.2, 0.25) is 10.0 Å². The normalized spacial score (nSPS) is 11.9. The fourth-order valence-corrected chi connectivity index (χ4v) is 5.39. The smallest absolute Gasteiger partial charge is 0.437 e. The van der Waals surface area contributed by atoms with Crippen LogP contribution in [0.5, 0.6) is 5.75 Å². The lowest BCUT2D eigenvalue weighted by atomic mass is 10.1. The first-order valence-electron chi connectivity index (χ1n) is 17.2. The Labute approximate surface area is 330 Å². The first kappa shape index (κ1) is 42.1. The summed E-state index contributed by atoms with van der Waals surface area (Å²) in [4.78, 5) is 60.2. The molecule has 13 nitrogen and oxygen atoms in total. The first-order chi connectivity index (χ1) is 25.8. The van der Waals surface area contributed by atoms with E-state index in [1.165, 1.54) is 11.0 Å². The average molecular weight is 792 g/mol. The molecule has 3 aromatic carbocycles. The molecule has 0 spiro atoms. The van der Waals surface area contributed by atoms with Crippen molar-refractivity contribution < 1.29 is 33.4 Å². The number of likely N-dealkylation sites (N-methyl/N-ethyl adjacent to an activating group) is 1. The van der Waals surface area contributed by atoms with Crippen LogP contribution in [0.4, 0.5) is 21.0 Å². The summed E-state index contributed by atoms with van der Waals surface area (Å²) in [6, 6.07) is 19.4. The fraction of sp³-hybridized carbons (Fsp3) is 0.300. The molecule has 290 valence electrons. The quantitative estimate of drug-likeness (QED) is 0.0859. The number of anilines is 2. The van der Waals surface area contributed by atoms with Crippen LogP contribution in [0.1, 0.15) is 58.4 Å². The summed E-state index contributed by atoms with van der Waals surface area (Å²) in [5, 5.41) is 9.39. The van der Waals surface area contributed by atoms with Crippen LogP contribution in [0.3, 0.4) is 0 Å². The van der Waals surface area contributed by atoms with E-state index in [-0.39, 0.29) is 24.1 Å². The van der Waals surface area contributed by atoms with Gasteiger partial charge in [0.25, 0.3) is 0 Å². The second-order valence-corrected chi connectivity index (χ2v) is 15.0. The van der Waals surface area contributed by atoms with Crippen molar-refractivity contribution in [2.75, 3.05) is 23.8 Å². The minimum Gasteiger partial charge on any atom is -0.487 e. The van der Waals surface area contributed by atoms with E-state index in [9.17, 15) is 19.2 Å². The minimum atomic E-state index is -0.919. The Morgan fingerprint density at radius 2 is 1.58 bits per heavy atom. The van der Waals surface area contributed by atoms with Crippen molar-refractivity contribution >= 4 is 81.5 Å². The summed E-state index contributed by atoms with van der Waals surface area (Å²) in [6.07, 6.45) is 1.09. The number of nitrogens with zero attached hydrogens (tertiary/aromatic N) is 3. The van der Waals surface area contributed by atoms with Gasteiger partial charge >= 0.3 is 12.2 Å². The number of alkyl carbamates (subject to hydrolysis) is 1. The number of amides is 4. The van der Waals surface area contributed by atoms with Gasteiger partial charge in [0.05, 0.1) is 17.3 Å². The molecule has 0 radical (unpaired) electrons. The highest BCUT2D eigenvalue weighted by atomic mass is 35.5. The van der Waals surface area contributed by atoms with E-state index in [4.69, 9.17) is 37.4 Å². The number of pyridine rings is 1. The maximum atomic E-state index is 13.1. The summed E-state index contributed by atoms with van der Waals surface area (Å²) in [6.45, 7) is 11.8. The highest BCUT2D eigenvalue weighted by Crippen LogP contribution is 2.35. The summed E-state index contributed by atoms with van der Waals surface area (Å²) in [7, 11) is 1.55. The van der Waals surface area contributed by atoms with Crippen molar-refractivity contribution in [3.05, 3.63) is 99.7 Å². The van der Waals surface area contributed by atoms with Gasteiger partial charge in [-0.25, -0.2) is 14.6 Å². The maximum absolute atomic E-state index is 13.1. The van der Waals surface area contributed by atoms with Gasteiger partial charge in [0, 0.05) is 40.5 Å². The number of ether oxygens (including phenoxy) is 3. The Morgan fingerprint density at radius 1 is 0.891 bits per heavy atom. The van der Waals surface area contributed by atoms with Crippen molar-refractivity contribution in [2.45, 2.75) is 66.3 Å². The van der Waals surface area contributed by atoms with E-state index >= 15 is 0 Å². The van der Waals surface area contributed by atoms with Crippen LogP contribution in [-0.4, -0.2) is 59.7 Å². The van der Waals surface area contributed by atoms with Gasteiger partial charge in [-0.1, -0.05) is 53.5 Å². The van der Waals surface area contributed by atoms with Crippen molar-refractivity contribution in [2.24, 2.45) is 4.99 Å². The number of carbonyl (C=O) groups is 4. The third kappa shape index (κ3) is 13.0. The van der Waals surface area contributed by atoms with Crippen molar-refractivity contribution in [3.63, 3.8) is 0 Å². The number of aryl methyl sites for hydroxylation is 1. The topological polar surface area (TPSA) is 161 Å². The van der Waals surface area contributed by atoms with Crippen molar-refractivity contribution in [1.82, 2.24) is 15.6 Å². The maximum Gasteiger partial charge on any atom is 0.437 e. The lowest BCUT2D eigenvalue weighted by Gasteiger charge is -2.21. The number of para-hydroxylation sites is 1. The van der Waals surface area contributed by atoms with E-state index in [1.54, 1.807) is 91.1 Å². The molecule has 0 aliphatic rings. The molecule has 15 heteroatoms. The largest absolute Gasteiger partial charge is 0.487 e. The van der Waals surface area contributed by atoms with Crippen LogP contribution in [0, 0.1) is 6.92 Å². The third-order valence-corrected chi connectivity index (χ3v) is 8.10. The molecular formula is C40H44Cl2N6O7. The SMILES string of the molecule is Cc1ccc2cccc(OCc3c(Cl)ccc(N(C)C(=O)CNC(=O)C=Cc4ccc(NC(=NC(=O)OC(C)(C)C)NC(=O)OC(C)(C)C)cc4)c3Cl)c2n1. The van der Waals surface area contributed by atoms with Gasteiger partial charge in [0.2, 0.25) is 17.8 Å². The predicted octanol–water partition coefficient (Wildman–Crippen LogP) is 8.45. The minimum absolute atomic E-state index is 0.0324. The molecule has 55 heavy (non-hydrogen) atoms. The number of rotatable bonds is 9. The number of benzene rings is 3. The van der Waals surface area contributed by atoms with E-state index in [0.717, 1.165) is 11.1 Å².